The van der Waals surface area contributed by atoms with Gasteiger partial charge in [-0.1, -0.05) is 0 Å². The van der Waals surface area contributed by atoms with E-state index in [1.54, 1.807) is 13.8 Å². The molecule has 0 saturated carbocycles. The van der Waals surface area contributed by atoms with E-state index in [2.05, 4.69) is 5.10 Å². The van der Waals surface area contributed by atoms with Crippen LogP contribution in [0, 0.1) is 6.92 Å². The van der Waals surface area contributed by atoms with Crippen LogP contribution in [0.15, 0.2) is 28.0 Å². The molecular weight excluding hydrogens is 332 g/mol. The lowest BCUT2D eigenvalue weighted by Crippen LogP contribution is -2.20. The smallest absolute Gasteiger partial charge is 0.277 e. The lowest BCUT2D eigenvalue weighted by molar-refractivity contribution is 0.103. The van der Waals surface area contributed by atoms with Gasteiger partial charge in [0.05, 0.1) is 11.0 Å². The Morgan fingerprint density at radius 3 is 2.38 bits per heavy atom. The van der Waals surface area contributed by atoms with E-state index in [1.165, 1.54) is 37.2 Å². The first-order chi connectivity index (χ1) is 11.1. The number of H-pyrrole nitrogens is 1. The molecule has 1 unspecified atom stereocenters. The molecule has 1 atom stereocenters. The second-order valence-corrected chi connectivity index (χ2v) is 7.66. The fraction of sp³-hybridized carbons (Fsp3) is 0.375. The van der Waals surface area contributed by atoms with Crippen LogP contribution in [0.2, 0.25) is 0 Å². The molecule has 0 fully saturated rings. The molecule has 0 bridgehead atoms. The van der Waals surface area contributed by atoms with E-state index in [-0.39, 0.29) is 16.0 Å². The summed E-state index contributed by atoms with van der Waals surface area (Å²) in [4.78, 5) is 24.8. The molecule has 1 heterocycles. The number of nitrogens with one attached hydrogen (secondary N) is 1. The summed E-state index contributed by atoms with van der Waals surface area (Å²) in [5.74, 6) is -0.459. The standard InChI is InChI=1S/C16H20N2O5S/c1-9-11(15(19)12-8-17-18(3)16(12)20)6-7-13(24(5,21)22)14(9)10(2)23-4/h6-8,10,17H,1-5H3. The second kappa shape index (κ2) is 6.37. The first-order valence-corrected chi connectivity index (χ1v) is 9.14. The zero-order valence-corrected chi connectivity index (χ0v) is 15.0. The van der Waals surface area contributed by atoms with Crippen LogP contribution in [0.3, 0.4) is 0 Å². The van der Waals surface area contributed by atoms with Gasteiger partial charge in [-0.15, -0.1) is 0 Å². The molecule has 0 aliphatic heterocycles. The Balaban J connectivity index is 2.72. The molecule has 0 saturated heterocycles. The predicted octanol–water partition coefficient (Wildman–Crippen LogP) is 1.36. The monoisotopic (exact) mass is 352 g/mol. The molecule has 0 radical (unpaired) electrons. The molecule has 2 aromatic rings. The van der Waals surface area contributed by atoms with Crippen molar-refractivity contribution >= 4 is 15.6 Å². The highest BCUT2D eigenvalue weighted by molar-refractivity contribution is 7.90. The molecule has 1 aromatic heterocycles. The number of aromatic nitrogens is 2. The van der Waals surface area contributed by atoms with Crippen molar-refractivity contribution in [2.75, 3.05) is 13.4 Å². The van der Waals surface area contributed by atoms with E-state index < -0.39 is 27.3 Å². The van der Waals surface area contributed by atoms with Crippen molar-refractivity contribution in [1.82, 2.24) is 9.78 Å². The molecule has 0 spiro atoms. The molecule has 0 amide bonds. The normalized spacial score (nSPS) is 13.0. The summed E-state index contributed by atoms with van der Waals surface area (Å²) in [7, 11) is -0.510. The van der Waals surface area contributed by atoms with Crippen LogP contribution in [0.25, 0.3) is 0 Å². The Morgan fingerprint density at radius 2 is 1.92 bits per heavy atom. The van der Waals surface area contributed by atoms with Gasteiger partial charge in [0.2, 0.25) is 0 Å². The number of hydrogen-bond acceptors (Lipinski definition) is 5. The van der Waals surface area contributed by atoms with E-state index in [9.17, 15) is 18.0 Å². The molecule has 1 aromatic carbocycles. The van der Waals surface area contributed by atoms with Gasteiger partial charge in [0, 0.05) is 37.7 Å². The van der Waals surface area contributed by atoms with Crippen molar-refractivity contribution < 1.29 is 17.9 Å². The van der Waals surface area contributed by atoms with Crippen molar-refractivity contribution in [3.05, 3.63) is 50.9 Å². The summed E-state index contributed by atoms with van der Waals surface area (Å²) in [5, 5.41) is 2.65. The maximum atomic E-state index is 12.7. The zero-order chi connectivity index (χ0) is 18.2. The number of methoxy groups -OCH3 is 1. The molecule has 1 N–H and O–H groups in total. The quantitative estimate of drug-likeness (QED) is 0.820. The van der Waals surface area contributed by atoms with Gasteiger partial charge in [-0.3, -0.25) is 14.3 Å². The van der Waals surface area contributed by atoms with Gasteiger partial charge >= 0.3 is 0 Å². The average molecular weight is 352 g/mol. The average Bonchev–Trinajstić information content (AvgIpc) is 2.84. The number of nitrogens with zero attached hydrogens (tertiary/aromatic N) is 1. The summed E-state index contributed by atoms with van der Waals surface area (Å²) in [6.07, 6.45) is 1.93. The van der Waals surface area contributed by atoms with Gasteiger partial charge in [0.25, 0.3) is 5.56 Å². The van der Waals surface area contributed by atoms with Crippen molar-refractivity contribution in [3.63, 3.8) is 0 Å². The Morgan fingerprint density at radius 1 is 1.29 bits per heavy atom. The van der Waals surface area contributed by atoms with Gasteiger partial charge in [0.1, 0.15) is 5.56 Å². The number of aryl methyl sites for hydroxylation is 1. The van der Waals surface area contributed by atoms with Crippen LogP contribution < -0.4 is 5.56 Å². The summed E-state index contributed by atoms with van der Waals surface area (Å²) in [6, 6.07) is 2.82. The molecule has 7 nitrogen and oxygen atoms in total. The van der Waals surface area contributed by atoms with Gasteiger partial charge < -0.3 is 9.84 Å². The molecule has 130 valence electrons. The number of carbonyl (C=O) groups is 1. The van der Waals surface area contributed by atoms with E-state index >= 15 is 0 Å². The number of hydrogen-bond donors (Lipinski definition) is 1. The highest BCUT2D eigenvalue weighted by Crippen LogP contribution is 2.30. The Bertz CT molecular complexity index is 953. The number of ketones is 1. The highest BCUT2D eigenvalue weighted by atomic mass is 32.2. The topological polar surface area (TPSA) is 98.2 Å². The minimum absolute atomic E-state index is 0.00345. The summed E-state index contributed by atoms with van der Waals surface area (Å²) in [5.41, 5.74) is 0.758. The number of rotatable bonds is 5. The van der Waals surface area contributed by atoms with E-state index in [0.29, 0.717) is 11.1 Å². The van der Waals surface area contributed by atoms with Crippen molar-refractivity contribution in [2.24, 2.45) is 7.05 Å². The molecule has 0 aliphatic carbocycles. The molecule has 24 heavy (non-hydrogen) atoms. The molecule has 0 aliphatic rings. The lowest BCUT2D eigenvalue weighted by atomic mass is 9.94. The summed E-state index contributed by atoms with van der Waals surface area (Å²) in [6.45, 7) is 3.37. The first-order valence-electron chi connectivity index (χ1n) is 7.25. The second-order valence-electron chi connectivity index (χ2n) is 5.68. The van der Waals surface area contributed by atoms with Gasteiger partial charge in [0.15, 0.2) is 15.6 Å². The van der Waals surface area contributed by atoms with E-state index in [1.807, 2.05) is 0 Å². The van der Waals surface area contributed by atoms with Crippen molar-refractivity contribution in [3.8, 4) is 0 Å². The van der Waals surface area contributed by atoms with Crippen LogP contribution in [-0.2, 0) is 21.6 Å². The lowest BCUT2D eigenvalue weighted by Gasteiger charge is -2.19. The van der Waals surface area contributed by atoms with Gasteiger partial charge in [-0.2, -0.15) is 0 Å². The number of aromatic amines is 1. The van der Waals surface area contributed by atoms with Crippen molar-refractivity contribution in [2.45, 2.75) is 24.8 Å². The van der Waals surface area contributed by atoms with Crippen LogP contribution >= 0.6 is 0 Å². The summed E-state index contributed by atoms with van der Waals surface area (Å²) >= 11 is 0. The minimum Gasteiger partial charge on any atom is -0.377 e. The minimum atomic E-state index is -3.49. The molecular formula is C16H20N2O5S. The third kappa shape index (κ3) is 3.07. The maximum Gasteiger partial charge on any atom is 0.277 e. The zero-order valence-electron chi connectivity index (χ0n) is 14.2. The van der Waals surface area contributed by atoms with Crippen molar-refractivity contribution in [1.29, 1.82) is 0 Å². The Kier molecular flexibility index (Phi) is 4.82. The predicted molar refractivity (Wildman–Crippen MR) is 89.2 cm³/mol. The third-order valence-electron chi connectivity index (χ3n) is 4.06. The SMILES string of the molecule is COC(C)c1c(S(C)(=O)=O)ccc(C(=O)c2c[nH]n(C)c2=O)c1C. The highest BCUT2D eigenvalue weighted by Gasteiger charge is 2.25. The van der Waals surface area contributed by atoms with Crippen LogP contribution in [0.1, 0.15) is 40.1 Å². The van der Waals surface area contributed by atoms with E-state index in [0.717, 1.165) is 6.26 Å². The van der Waals surface area contributed by atoms with Crippen LogP contribution in [0.4, 0.5) is 0 Å². The maximum absolute atomic E-state index is 12.7. The number of carbonyl (C=O) groups excluding carboxylic acids is 1. The van der Waals surface area contributed by atoms with Crippen LogP contribution in [0.5, 0.6) is 0 Å². The fourth-order valence-corrected chi connectivity index (χ4v) is 3.70. The van der Waals surface area contributed by atoms with Gasteiger partial charge in [-0.25, -0.2) is 8.42 Å². The van der Waals surface area contributed by atoms with Gasteiger partial charge in [-0.05, 0) is 31.5 Å². The first kappa shape index (κ1) is 18.2. The fourth-order valence-electron chi connectivity index (χ4n) is 2.67. The Labute approximate surface area is 140 Å². The number of benzene rings is 1. The largest absolute Gasteiger partial charge is 0.377 e. The summed E-state index contributed by atoms with van der Waals surface area (Å²) < 4.78 is 30.5. The van der Waals surface area contributed by atoms with Crippen LogP contribution in [-0.4, -0.2) is 37.3 Å². The number of ether oxygens (including phenoxy) is 1. The molecule has 8 heteroatoms. The third-order valence-corrected chi connectivity index (χ3v) is 5.22. The molecule has 2 rings (SSSR count). The number of sulfone groups is 1. The Hall–Kier alpha value is -2.19. The van der Waals surface area contributed by atoms with E-state index in [4.69, 9.17) is 4.74 Å².